The number of hydrogen-bond acceptors (Lipinski definition) is 5. The van der Waals surface area contributed by atoms with Gasteiger partial charge in [0, 0.05) is 29.9 Å². The number of anilines is 1. The molecule has 2 aromatic carbocycles. The summed E-state index contributed by atoms with van der Waals surface area (Å²) in [6, 6.07) is 15.9. The first-order valence-electron chi connectivity index (χ1n) is 10.6. The molecule has 1 aliphatic carbocycles. The Balaban J connectivity index is 1.49. The Morgan fingerprint density at radius 1 is 1.00 bits per heavy atom. The van der Waals surface area contributed by atoms with Gasteiger partial charge in [-0.15, -0.1) is 0 Å². The number of aryl methyl sites for hydroxylation is 1. The molecular weight excluding hydrogens is 416 g/mol. The highest BCUT2D eigenvalue weighted by Gasteiger charge is 2.32. The van der Waals surface area contributed by atoms with E-state index in [0.717, 1.165) is 27.9 Å². The van der Waals surface area contributed by atoms with Gasteiger partial charge in [0.1, 0.15) is 23.4 Å². The van der Waals surface area contributed by atoms with Crippen LogP contribution in [0.15, 0.2) is 67.0 Å². The first kappa shape index (κ1) is 20.6. The Morgan fingerprint density at radius 2 is 1.70 bits per heavy atom. The third-order valence-electron chi connectivity index (χ3n) is 5.74. The third-order valence-corrected chi connectivity index (χ3v) is 5.74. The lowest BCUT2D eigenvalue weighted by Gasteiger charge is -2.15. The summed E-state index contributed by atoms with van der Waals surface area (Å²) in [5, 5.41) is 10.5. The molecule has 5 rings (SSSR count). The topological polar surface area (TPSA) is 102 Å². The number of carbonyl (C=O) groups is 2. The average molecular weight is 438 g/mol. The molecule has 0 fully saturated rings. The lowest BCUT2D eigenvalue weighted by atomic mass is 10.1. The van der Waals surface area contributed by atoms with Gasteiger partial charge in [-0.3, -0.25) is 10.1 Å². The van der Waals surface area contributed by atoms with Crippen molar-refractivity contribution in [1.29, 1.82) is 0 Å². The monoisotopic (exact) mass is 438 g/mol. The minimum absolute atomic E-state index is 0.0304. The maximum atomic E-state index is 13.0. The van der Waals surface area contributed by atoms with Gasteiger partial charge < -0.3 is 5.32 Å². The number of carbonyl (C=O) groups excluding carboxylic acids is 2. The molecule has 1 atom stereocenters. The molecule has 4 aromatic rings. The quantitative estimate of drug-likeness (QED) is 0.503. The SMILES string of the molecule is Cc1ncc(-c2nn(-c3ccccc3)c(NC(=O)N[C@H]3C(=O)Cc4ccccc43)c2C)cn1. The summed E-state index contributed by atoms with van der Waals surface area (Å²) in [5.41, 5.74) is 4.74. The first-order valence-corrected chi connectivity index (χ1v) is 10.6. The summed E-state index contributed by atoms with van der Waals surface area (Å²) in [5.74, 6) is 1.14. The highest BCUT2D eigenvalue weighted by Crippen LogP contribution is 2.31. The van der Waals surface area contributed by atoms with E-state index in [9.17, 15) is 9.59 Å². The summed E-state index contributed by atoms with van der Waals surface area (Å²) in [6.07, 6.45) is 3.75. The van der Waals surface area contributed by atoms with E-state index in [-0.39, 0.29) is 5.78 Å². The molecule has 0 aliphatic heterocycles. The van der Waals surface area contributed by atoms with Crippen molar-refractivity contribution in [3.05, 3.63) is 89.5 Å². The minimum Gasteiger partial charge on any atom is -0.324 e. The van der Waals surface area contributed by atoms with E-state index in [1.165, 1.54) is 0 Å². The molecule has 2 aromatic heterocycles. The number of aromatic nitrogens is 4. The molecule has 0 bridgehead atoms. The number of nitrogens with one attached hydrogen (secondary N) is 2. The molecule has 0 unspecified atom stereocenters. The van der Waals surface area contributed by atoms with Gasteiger partial charge in [-0.2, -0.15) is 5.10 Å². The van der Waals surface area contributed by atoms with Crippen molar-refractivity contribution in [3.63, 3.8) is 0 Å². The van der Waals surface area contributed by atoms with Gasteiger partial charge in [0.15, 0.2) is 5.78 Å². The second-order valence-electron chi connectivity index (χ2n) is 7.96. The molecule has 164 valence electrons. The van der Waals surface area contributed by atoms with Crippen LogP contribution >= 0.6 is 0 Å². The van der Waals surface area contributed by atoms with E-state index in [1.54, 1.807) is 17.1 Å². The zero-order valence-electron chi connectivity index (χ0n) is 18.2. The van der Waals surface area contributed by atoms with Crippen LogP contribution in [-0.2, 0) is 11.2 Å². The molecule has 2 amide bonds. The second-order valence-corrected chi connectivity index (χ2v) is 7.96. The fraction of sp³-hybridized carbons (Fsp3) is 0.160. The van der Waals surface area contributed by atoms with E-state index in [0.29, 0.717) is 23.8 Å². The molecule has 0 radical (unpaired) electrons. The van der Waals surface area contributed by atoms with Gasteiger partial charge in [0.05, 0.1) is 5.69 Å². The first-order chi connectivity index (χ1) is 16.0. The van der Waals surface area contributed by atoms with Crippen LogP contribution in [0.1, 0.15) is 28.6 Å². The van der Waals surface area contributed by atoms with Crippen LogP contribution in [0.3, 0.4) is 0 Å². The molecule has 0 saturated heterocycles. The van der Waals surface area contributed by atoms with E-state index >= 15 is 0 Å². The molecular formula is C25H22N6O2. The standard InChI is InChI=1S/C25H22N6O2/c1-15-22(18-13-26-16(2)27-14-18)30-31(19-9-4-3-5-10-19)24(15)29-25(33)28-23-20-11-7-6-8-17(20)12-21(23)32/h3-11,13-14,23H,12H2,1-2H3,(H2,28,29,33)/t23-/m1/s1. The van der Waals surface area contributed by atoms with Crippen LogP contribution < -0.4 is 10.6 Å². The average Bonchev–Trinajstić information content (AvgIpc) is 3.31. The molecule has 1 aliphatic rings. The molecule has 8 nitrogen and oxygen atoms in total. The van der Waals surface area contributed by atoms with E-state index in [2.05, 4.69) is 20.6 Å². The molecule has 0 saturated carbocycles. The zero-order chi connectivity index (χ0) is 22.9. The van der Waals surface area contributed by atoms with Crippen LogP contribution in [0.5, 0.6) is 0 Å². The molecule has 2 N–H and O–H groups in total. The number of amides is 2. The Morgan fingerprint density at radius 3 is 2.45 bits per heavy atom. The van der Waals surface area contributed by atoms with Gasteiger partial charge >= 0.3 is 6.03 Å². The fourth-order valence-corrected chi connectivity index (χ4v) is 4.06. The van der Waals surface area contributed by atoms with E-state index in [4.69, 9.17) is 5.10 Å². The van der Waals surface area contributed by atoms with Gasteiger partial charge in [0.2, 0.25) is 0 Å². The van der Waals surface area contributed by atoms with Gasteiger partial charge in [-0.1, -0.05) is 42.5 Å². The van der Waals surface area contributed by atoms with Crippen molar-refractivity contribution in [3.8, 4) is 16.9 Å². The smallest absolute Gasteiger partial charge is 0.321 e. The number of hydrogen-bond donors (Lipinski definition) is 2. The van der Waals surface area contributed by atoms with Gasteiger partial charge in [-0.05, 0) is 37.1 Å². The number of benzene rings is 2. The van der Waals surface area contributed by atoms with Crippen molar-refractivity contribution in [2.24, 2.45) is 0 Å². The number of urea groups is 1. The Hall–Kier alpha value is -4.33. The van der Waals surface area contributed by atoms with Crippen molar-refractivity contribution in [2.45, 2.75) is 26.3 Å². The van der Waals surface area contributed by atoms with Crippen molar-refractivity contribution in [2.75, 3.05) is 5.32 Å². The van der Waals surface area contributed by atoms with Crippen molar-refractivity contribution in [1.82, 2.24) is 25.1 Å². The highest BCUT2D eigenvalue weighted by atomic mass is 16.2. The maximum Gasteiger partial charge on any atom is 0.321 e. The van der Waals surface area contributed by atoms with Gasteiger partial charge in [0.25, 0.3) is 0 Å². The summed E-state index contributed by atoms with van der Waals surface area (Å²) < 4.78 is 1.68. The molecule has 33 heavy (non-hydrogen) atoms. The largest absolute Gasteiger partial charge is 0.324 e. The second kappa shape index (κ2) is 8.31. The number of rotatable bonds is 4. The summed E-state index contributed by atoms with van der Waals surface area (Å²) in [7, 11) is 0. The summed E-state index contributed by atoms with van der Waals surface area (Å²) >= 11 is 0. The maximum absolute atomic E-state index is 13.0. The van der Waals surface area contributed by atoms with Crippen LogP contribution in [0.4, 0.5) is 10.6 Å². The number of fused-ring (bicyclic) bond motifs is 1. The number of para-hydroxylation sites is 1. The normalized spacial score (nSPS) is 14.7. The summed E-state index contributed by atoms with van der Waals surface area (Å²) in [4.78, 5) is 34.1. The Labute approximate surface area is 190 Å². The van der Waals surface area contributed by atoms with E-state index in [1.807, 2.05) is 68.4 Å². The molecule has 2 heterocycles. The lowest BCUT2D eigenvalue weighted by Crippen LogP contribution is -2.35. The Kier molecular flexibility index (Phi) is 5.18. The third kappa shape index (κ3) is 3.87. The van der Waals surface area contributed by atoms with Crippen molar-refractivity contribution >= 4 is 17.6 Å². The minimum atomic E-state index is -0.667. The predicted octanol–water partition coefficient (Wildman–Crippen LogP) is 3.93. The number of ketones is 1. The predicted molar refractivity (Wildman–Crippen MR) is 124 cm³/mol. The number of nitrogens with zero attached hydrogens (tertiary/aromatic N) is 4. The molecule has 8 heteroatoms. The molecule has 0 spiro atoms. The number of Topliss-reactive ketones (excluding diaryl/α,β-unsaturated/α-hetero) is 1. The fourth-order valence-electron chi connectivity index (χ4n) is 4.06. The highest BCUT2D eigenvalue weighted by molar-refractivity contribution is 5.98. The van der Waals surface area contributed by atoms with Gasteiger partial charge in [-0.25, -0.2) is 19.4 Å². The van der Waals surface area contributed by atoms with Crippen LogP contribution in [0, 0.1) is 13.8 Å². The lowest BCUT2D eigenvalue weighted by molar-refractivity contribution is -0.119. The van der Waals surface area contributed by atoms with Crippen LogP contribution in [0.2, 0.25) is 0 Å². The van der Waals surface area contributed by atoms with Crippen molar-refractivity contribution < 1.29 is 9.59 Å². The van der Waals surface area contributed by atoms with Crippen LogP contribution in [0.25, 0.3) is 16.9 Å². The van der Waals surface area contributed by atoms with E-state index < -0.39 is 12.1 Å². The Bertz CT molecular complexity index is 1350. The zero-order valence-corrected chi connectivity index (χ0v) is 18.2. The summed E-state index contributed by atoms with van der Waals surface area (Å²) in [6.45, 7) is 3.70. The van der Waals surface area contributed by atoms with Crippen LogP contribution in [-0.4, -0.2) is 31.6 Å².